The molecule has 0 aliphatic heterocycles. The van der Waals surface area contributed by atoms with Crippen LogP contribution in [0.5, 0.6) is 5.88 Å². The van der Waals surface area contributed by atoms with E-state index < -0.39 is 0 Å². The number of hydrogen-bond acceptors (Lipinski definition) is 3. The fraction of sp³-hybridized carbons (Fsp3) is 0.333. The molecule has 5 nitrogen and oxygen atoms in total. The van der Waals surface area contributed by atoms with Crippen LogP contribution in [-0.4, -0.2) is 24.6 Å². The molecule has 0 aliphatic rings. The Labute approximate surface area is 137 Å². The van der Waals surface area contributed by atoms with Gasteiger partial charge in [-0.25, -0.2) is 4.98 Å². The zero-order chi connectivity index (χ0) is 16.5. The molecule has 1 aromatic heterocycles. The van der Waals surface area contributed by atoms with E-state index in [2.05, 4.69) is 51.8 Å². The van der Waals surface area contributed by atoms with Crippen LogP contribution in [0.4, 0.5) is 0 Å². The summed E-state index contributed by atoms with van der Waals surface area (Å²) in [5.41, 5.74) is 3.59. The van der Waals surface area contributed by atoms with Crippen LogP contribution < -0.4 is 15.4 Å². The van der Waals surface area contributed by atoms with E-state index in [1.54, 1.807) is 13.2 Å². The van der Waals surface area contributed by atoms with Gasteiger partial charge in [-0.2, -0.15) is 0 Å². The molecule has 0 saturated carbocycles. The maximum atomic E-state index is 5.41. The molecular weight excluding hydrogens is 288 g/mol. The number of aromatic nitrogens is 1. The summed E-state index contributed by atoms with van der Waals surface area (Å²) in [6, 6.07) is 12.4. The first-order valence-corrected chi connectivity index (χ1v) is 7.79. The first kappa shape index (κ1) is 16.8. The average Bonchev–Trinajstić information content (AvgIpc) is 2.57. The number of hydrogen-bond donors (Lipinski definition) is 2. The number of guanidine groups is 1. The molecule has 5 heteroatoms. The average molecular weight is 312 g/mol. The monoisotopic (exact) mass is 312 g/mol. The highest BCUT2D eigenvalue weighted by molar-refractivity contribution is 5.79. The molecule has 2 aromatic rings. The van der Waals surface area contributed by atoms with Crippen molar-refractivity contribution in [2.75, 3.05) is 13.7 Å². The smallest absolute Gasteiger partial charge is 0.213 e. The molecule has 0 spiro atoms. The van der Waals surface area contributed by atoms with Crippen LogP contribution in [-0.2, 0) is 13.1 Å². The van der Waals surface area contributed by atoms with Crippen LogP contribution in [0.2, 0.25) is 0 Å². The Morgan fingerprint density at radius 3 is 2.43 bits per heavy atom. The number of rotatable bonds is 6. The summed E-state index contributed by atoms with van der Waals surface area (Å²) in [5, 5.41) is 6.60. The third-order valence-electron chi connectivity index (χ3n) is 3.36. The Morgan fingerprint density at radius 2 is 1.78 bits per heavy atom. The van der Waals surface area contributed by atoms with Gasteiger partial charge in [-0.15, -0.1) is 0 Å². The largest absolute Gasteiger partial charge is 0.478 e. The Bertz CT molecular complexity index is 638. The second kappa shape index (κ2) is 8.78. The predicted molar refractivity (Wildman–Crippen MR) is 93.6 cm³/mol. The molecule has 1 heterocycles. The molecule has 2 N–H and O–H groups in total. The van der Waals surface area contributed by atoms with Crippen molar-refractivity contribution in [2.45, 2.75) is 26.9 Å². The molecule has 122 valence electrons. The van der Waals surface area contributed by atoms with Crippen molar-refractivity contribution in [1.82, 2.24) is 15.6 Å². The minimum atomic E-state index is 0.615. The van der Waals surface area contributed by atoms with Crippen molar-refractivity contribution in [3.05, 3.63) is 59.3 Å². The van der Waals surface area contributed by atoms with Gasteiger partial charge < -0.3 is 15.4 Å². The SMILES string of the molecule is CCOc1cc(CNC(=NC)NCc2ccc(C)cc2)ccn1. The molecular formula is C18H24N4O. The molecule has 0 fully saturated rings. The summed E-state index contributed by atoms with van der Waals surface area (Å²) in [4.78, 5) is 8.41. The summed E-state index contributed by atoms with van der Waals surface area (Å²) in [6.07, 6.45) is 1.75. The topological polar surface area (TPSA) is 58.5 Å². The lowest BCUT2D eigenvalue weighted by molar-refractivity contribution is 0.326. The number of aryl methyl sites for hydroxylation is 1. The van der Waals surface area contributed by atoms with Gasteiger partial charge in [0.15, 0.2) is 5.96 Å². The van der Waals surface area contributed by atoms with Crippen molar-refractivity contribution in [2.24, 2.45) is 4.99 Å². The van der Waals surface area contributed by atoms with Crippen molar-refractivity contribution in [1.29, 1.82) is 0 Å². The summed E-state index contributed by atoms with van der Waals surface area (Å²) < 4.78 is 5.41. The summed E-state index contributed by atoms with van der Waals surface area (Å²) in [5.74, 6) is 1.41. The van der Waals surface area contributed by atoms with Gasteiger partial charge in [0.1, 0.15) is 0 Å². The fourth-order valence-corrected chi connectivity index (χ4v) is 2.09. The van der Waals surface area contributed by atoms with Gasteiger partial charge in [-0.05, 0) is 31.0 Å². The molecule has 2 rings (SSSR count). The van der Waals surface area contributed by atoms with E-state index in [1.807, 2.05) is 19.1 Å². The van der Waals surface area contributed by atoms with E-state index in [4.69, 9.17) is 4.74 Å². The van der Waals surface area contributed by atoms with Gasteiger partial charge in [0.05, 0.1) is 6.61 Å². The number of benzene rings is 1. The first-order chi connectivity index (χ1) is 11.2. The van der Waals surface area contributed by atoms with Gasteiger partial charge in [-0.1, -0.05) is 29.8 Å². The number of aliphatic imine (C=N–C) groups is 1. The third-order valence-corrected chi connectivity index (χ3v) is 3.36. The second-order valence-corrected chi connectivity index (χ2v) is 5.20. The minimum absolute atomic E-state index is 0.615. The van der Waals surface area contributed by atoms with Gasteiger partial charge in [0.2, 0.25) is 5.88 Å². The third kappa shape index (κ3) is 5.62. The standard InChI is InChI=1S/C18H24N4O/c1-4-23-17-11-16(9-10-20-17)13-22-18(19-3)21-12-15-7-5-14(2)6-8-15/h5-11H,4,12-13H2,1-3H3,(H2,19,21,22). The molecule has 0 radical (unpaired) electrons. The van der Waals surface area contributed by atoms with Crippen LogP contribution >= 0.6 is 0 Å². The maximum Gasteiger partial charge on any atom is 0.213 e. The van der Waals surface area contributed by atoms with Gasteiger partial charge in [0, 0.05) is 32.4 Å². The molecule has 0 saturated heterocycles. The highest BCUT2D eigenvalue weighted by Gasteiger charge is 2.01. The normalized spacial score (nSPS) is 11.2. The molecule has 0 amide bonds. The first-order valence-electron chi connectivity index (χ1n) is 7.79. The zero-order valence-electron chi connectivity index (χ0n) is 14.0. The highest BCUT2D eigenvalue weighted by Crippen LogP contribution is 2.09. The number of pyridine rings is 1. The maximum absolute atomic E-state index is 5.41. The molecule has 0 bridgehead atoms. The molecule has 0 atom stereocenters. The molecule has 0 aliphatic carbocycles. The van der Waals surface area contributed by atoms with Gasteiger partial charge in [-0.3, -0.25) is 4.99 Å². The predicted octanol–water partition coefficient (Wildman–Crippen LogP) is 2.65. The Balaban J connectivity index is 1.85. The van der Waals surface area contributed by atoms with E-state index in [1.165, 1.54) is 11.1 Å². The van der Waals surface area contributed by atoms with Crippen LogP contribution in [0.3, 0.4) is 0 Å². The minimum Gasteiger partial charge on any atom is -0.478 e. The molecule has 1 aromatic carbocycles. The lowest BCUT2D eigenvalue weighted by atomic mass is 10.1. The summed E-state index contributed by atoms with van der Waals surface area (Å²) in [6.45, 7) is 6.05. The van der Waals surface area contributed by atoms with Crippen LogP contribution in [0, 0.1) is 6.92 Å². The van der Waals surface area contributed by atoms with Gasteiger partial charge >= 0.3 is 0 Å². The summed E-state index contributed by atoms with van der Waals surface area (Å²) in [7, 11) is 1.77. The van der Waals surface area contributed by atoms with E-state index in [-0.39, 0.29) is 0 Å². The molecule has 23 heavy (non-hydrogen) atoms. The van der Waals surface area contributed by atoms with Crippen LogP contribution in [0.25, 0.3) is 0 Å². The summed E-state index contributed by atoms with van der Waals surface area (Å²) >= 11 is 0. The Morgan fingerprint density at radius 1 is 1.09 bits per heavy atom. The second-order valence-electron chi connectivity index (χ2n) is 5.20. The van der Waals surface area contributed by atoms with E-state index in [9.17, 15) is 0 Å². The number of ether oxygens (including phenoxy) is 1. The van der Waals surface area contributed by atoms with Crippen molar-refractivity contribution in [3.63, 3.8) is 0 Å². The molecule has 0 unspecified atom stereocenters. The van der Waals surface area contributed by atoms with Crippen molar-refractivity contribution in [3.8, 4) is 5.88 Å². The van der Waals surface area contributed by atoms with E-state index >= 15 is 0 Å². The van der Waals surface area contributed by atoms with E-state index in [0.717, 1.165) is 18.1 Å². The lowest BCUT2D eigenvalue weighted by Gasteiger charge is -2.12. The Kier molecular flexibility index (Phi) is 6.41. The fourth-order valence-electron chi connectivity index (χ4n) is 2.09. The Hall–Kier alpha value is -2.56. The number of nitrogens with zero attached hydrogens (tertiary/aromatic N) is 2. The van der Waals surface area contributed by atoms with Crippen LogP contribution in [0.1, 0.15) is 23.6 Å². The van der Waals surface area contributed by atoms with E-state index in [0.29, 0.717) is 19.0 Å². The van der Waals surface area contributed by atoms with Gasteiger partial charge in [0.25, 0.3) is 0 Å². The lowest BCUT2D eigenvalue weighted by Crippen LogP contribution is -2.36. The number of nitrogens with one attached hydrogen (secondary N) is 2. The van der Waals surface area contributed by atoms with Crippen molar-refractivity contribution < 1.29 is 4.74 Å². The highest BCUT2D eigenvalue weighted by atomic mass is 16.5. The van der Waals surface area contributed by atoms with Crippen molar-refractivity contribution >= 4 is 5.96 Å². The zero-order valence-corrected chi connectivity index (χ0v) is 14.0. The quantitative estimate of drug-likeness (QED) is 0.636. The van der Waals surface area contributed by atoms with Crippen LogP contribution in [0.15, 0.2) is 47.6 Å².